The highest BCUT2D eigenvalue weighted by atomic mass is 16.4. The second-order valence-electron chi connectivity index (χ2n) is 5.63. The van der Waals surface area contributed by atoms with Crippen molar-refractivity contribution in [2.24, 2.45) is 7.05 Å². The van der Waals surface area contributed by atoms with E-state index < -0.39 is 11.4 Å². The minimum Gasteiger partial charge on any atom is -0.481 e. The third kappa shape index (κ3) is 1.75. The Labute approximate surface area is 118 Å². The highest BCUT2D eigenvalue weighted by Gasteiger charge is 2.51. The zero-order chi connectivity index (χ0) is 14.5. The molecular weight excluding hydrogens is 252 g/mol. The zero-order valence-electron chi connectivity index (χ0n) is 12.0. The Balaban J connectivity index is 2.00. The molecule has 0 atom stereocenters. The maximum Gasteiger partial charge on any atom is 0.314 e. The van der Waals surface area contributed by atoms with Gasteiger partial charge in [-0.2, -0.15) is 5.10 Å². The number of carbonyl (C=O) groups is 1. The normalized spacial score (nSPS) is 16.1. The summed E-state index contributed by atoms with van der Waals surface area (Å²) >= 11 is 0. The van der Waals surface area contributed by atoms with E-state index in [1.165, 1.54) is 0 Å². The molecule has 104 valence electrons. The maximum absolute atomic E-state index is 11.3. The second kappa shape index (κ2) is 4.20. The monoisotopic (exact) mass is 270 g/mol. The molecule has 0 aliphatic heterocycles. The Morgan fingerprint density at radius 3 is 2.25 bits per heavy atom. The van der Waals surface area contributed by atoms with Gasteiger partial charge in [0.25, 0.3) is 0 Å². The molecule has 20 heavy (non-hydrogen) atoms. The van der Waals surface area contributed by atoms with Crippen molar-refractivity contribution in [3.63, 3.8) is 0 Å². The number of benzene rings is 1. The van der Waals surface area contributed by atoms with Crippen molar-refractivity contribution in [3.8, 4) is 11.1 Å². The van der Waals surface area contributed by atoms with Gasteiger partial charge >= 0.3 is 5.97 Å². The molecular formula is C16H18N2O2. The Kier molecular flexibility index (Phi) is 2.71. The van der Waals surface area contributed by atoms with E-state index in [-0.39, 0.29) is 0 Å². The SMILES string of the molecule is Cc1nn(C)c(C)c1-c1ccc(C2(C(=O)O)CC2)cc1. The van der Waals surface area contributed by atoms with Crippen molar-refractivity contribution in [1.29, 1.82) is 0 Å². The number of carboxylic acid groups (broad SMARTS) is 1. The Morgan fingerprint density at radius 1 is 1.25 bits per heavy atom. The average Bonchev–Trinajstić information content (AvgIpc) is 3.16. The van der Waals surface area contributed by atoms with Gasteiger partial charge in [0.15, 0.2) is 0 Å². The van der Waals surface area contributed by atoms with Crippen LogP contribution in [0.1, 0.15) is 29.8 Å². The zero-order valence-corrected chi connectivity index (χ0v) is 12.0. The lowest BCUT2D eigenvalue weighted by Crippen LogP contribution is -2.19. The molecule has 0 unspecified atom stereocenters. The third-order valence-corrected chi connectivity index (χ3v) is 4.39. The number of carboxylic acids is 1. The van der Waals surface area contributed by atoms with Gasteiger partial charge in [0.1, 0.15) is 0 Å². The smallest absolute Gasteiger partial charge is 0.314 e. The van der Waals surface area contributed by atoms with Crippen LogP contribution in [0.4, 0.5) is 0 Å². The highest BCUT2D eigenvalue weighted by Crippen LogP contribution is 2.48. The molecule has 1 fully saturated rings. The van der Waals surface area contributed by atoms with Gasteiger partial charge in [-0.05, 0) is 37.8 Å². The first-order valence-corrected chi connectivity index (χ1v) is 6.80. The third-order valence-electron chi connectivity index (χ3n) is 4.39. The summed E-state index contributed by atoms with van der Waals surface area (Å²) in [6.45, 7) is 4.04. The van der Waals surface area contributed by atoms with Crippen LogP contribution in [-0.2, 0) is 17.3 Å². The van der Waals surface area contributed by atoms with Gasteiger partial charge in [-0.25, -0.2) is 0 Å². The van der Waals surface area contributed by atoms with Crippen LogP contribution in [0.5, 0.6) is 0 Å². The van der Waals surface area contributed by atoms with Gasteiger partial charge in [0.05, 0.1) is 11.1 Å². The van der Waals surface area contributed by atoms with Gasteiger partial charge in [-0.3, -0.25) is 9.48 Å². The van der Waals surface area contributed by atoms with E-state index >= 15 is 0 Å². The molecule has 1 N–H and O–H groups in total. The molecule has 1 aliphatic rings. The first-order chi connectivity index (χ1) is 9.45. The summed E-state index contributed by atoms with van der Waals surface area (Å²) in [5, 5.41) is 13.7. The quantitative estimate of drug-likeness (QED) is 0.933. The van der Waals surface area contributed by atoms with Gasteiger partial charge in [0, 0.05) is 18.3 Å². The largest absolute Gasteiger partial charge is 0.481 e. The van der Waals surface area contributed by atoms with Crippen molar-refractivity contribution in [2.75, 3.05) is 0 Å². The molecule has 1 aliphatic carbocycles. The summed E-state index contributed by atoms with van der Waals surface area (Å²) in [6.07, 6.45) is 1.49. The van der Waals surface area contributed by atoms with Crippen LogP contribution in [0.3, 0.4) is 0 Å². The number of hydrogen-bond donors (Lipinski definition) is 1. The topological polar surface area (TPSA) is 55.1 Å². The molecule has 0 radical (unpaired) electrons. The van der Waals surface area contributed by atoms with Crippen molar-refractivity contribution >= 4 is 5.97 Å². The summed E-state index contributed by atoms with van der Waals surface area (Å²) in [4.78, 5) is 11.3. The van der Waals surface area contributed by atoms with E-state index in [0.29, 0.717) is 0 Å². The fourth-order valence-electron chi connectivity index (χ4n) is 2.90. The molecule has 0 spiro atoms. The van der Waals surface area contributed by atoms with E-state index in [0.717, 1.165) is 40.9 Å². The van der Waals surface area contributed by atoms with Crippen LogP contribution in [0.2, 0.25) is 0 Å². The highest BCUT2D eigenvalue weighted by molar-refractivity contribution is 5.85. The minimum absolute atomic E-state index is 0.627. The predicted molar refractivity (Wildman–Crippen MR) is 76.7 cm³/mol. The molecule has 3 rings (SSSR count). The van der Waals surface area contributed by atoms with Crippen molar-refractivity contribution < 1.29 is 9.90 Å². The summed E-state index contributed by atoms with van der Waals surface area (Å²) in [7, 11) is 1.93. The fourth-order valence-corrected chi connectivity index (χ4v) is 2.90. The molecule has 4 nitrogen and oxygen atoms in total. The van der Waals surface area contributed by atoms with Gasteiger partial charge in [0.2, 0.25) is 0 Å². The molecule has 1 heterocycles. The summed E-state index contributed by atoms with van der Waals surface area (Å²) in [5.74, 6) is -0.709. The molecule has 1 saturated carbocycles. The fraction of sp³-hybridized carbons (Fsp3) is 0.375. The van der Waals surface area contributed by atoms with Gasteiger partial charge < -0.3 is 5.11 Å². The number of aliphatic carboxylic acids is 1. The predicted octanol–water partition coefficient (Wildman–Crippen LogP) is 2.82. The first-order valence-electron chi connectivity index (χ1n) is 6.80. The molecule has 1 aromatic carbocycles. The van der Waals surface area contributed by atoms with E-state index in [2.05, 4.69) is 5.10 Å². The molecule has 4 heteroatoms. The van der Waals surface area contributed by atoms with Crippen LogP contribution in [-0.4, -0.2) is 20.9 Å². The molecule has 0 amide bonds. The average molecular weight is 270 g/mol. The van der Waals surface area contributed by atoms with Crippen molar-refractivity contribution in [2.45, 2.75) is 32.1 Å². The number of rotatable bonds is 3. The summed E-state index contributed by atoms with van der Waals surface area (Å²) in [5.41, 5.74) is 4.63. The Hall–Kier alpha value is -2.10. The minimum atomic E-state index is -0.709. The maximum atomic E-state index is 11.3. The number of hydrogen-bond acceptors (Lipinski definition) is 2. The summed E-state index contributed by atoms with van der Waals surface area (Å²) in [6, 6.07) is 7.91. The van der Waals surface area contributed by atoms with E-state index in [4.69, 9.17) is 0 Å². The standard InChI is InChI=1S/C16H18N2O2/c1-10-14(11(2)18(3)17-10)12-4-6-13(7-5-12)16(8-9-16)15(19)20/h4-7H,8-9H2,1-3H3,(H,19,20). The molecule has 0 bridgehead atoms. The van der Waals surface area contributed by atoms with Crippen molar-refractivity contribution in [3.05, 3.63) is 41.2 Å². The van der Waals surface area contributed by atoms with Crippen LogP contribution < -0.4 is 0 Å². The van der Waals surface area contributed by atoms with Crippen LogP contribution in [0, 0.1) is 13.8 Å². The van der Waals surface area contributed by atoms with E-state index in [1.807, 2.05) is 49.8 Å². The number of aryl methyl sites for hydroxylation is 2. The molecule has 2 aromatic rings. The Morgan fingerprint density at radius 2 is 1.85 bits per heavy atom. The molecule has 0 saturated heterocycles. The summed E-state index contributed by atoms with van der Waals surface area (Å²) < 4.78 is 1.87. The lowest BCUT2D eigenvalue weighted by atomic mass is 9.93. The van der Waals surface area contributed by atoms with E-state index in [1.54, 1.807) is 0 Å². The van der Waals surface area contributed by atoms with E-state index in [9.17, 15) is 9.90 Å². The Bertz CT molecular complexity index is 679. The van der Waals surface area contributed by atoms with Crippen LogP contribution >= 0.6 is 0 Å². The van der Waals surface area contributed by atoms with Gasteiger partial charge in [-0.1, -0.05) is 24.3 Å². The van der Waals surface area contributed by atoms with Crippen LogP contribution in [0.25, 0.3) is 11.1 Å². The second-order valence-corrected chi connectivity index (χ2v) is 5.63. The lowest BCUT2D eigenvalue weighted by molar-refractivity contribution is -0.140. The van der Waals surface area contributed by atoms with Crippen molar-refractivity contribution in [1.82, 2.24) is 9.78 Å². The van der Waals surface area contributed by atoms with Gasteiger partial charge in [-0.15, -0.1) is 0 Å². The first kappa shape index (κ1) is 12.9. The molecule has 1 aromatic heterocycles. The van der Waals surface area contributed by atoms with Crippen LogP contribution in [0.15, 0.2) is 24.3 Å². The lowest BCUT2D eigenvalue weighted by Gasteiger charge is -2.11. The number of aromatic nitrogens is 2. The number of nitrogens with zero attached hydrogens (tertiary/aromatic N) is 2.